The summed E-state index contributed by atoms with van der Waals surface area (Å²) in [6.07, 6.45) is 25.7. The monoisotopic (exact) mass is 626 g/mol. The molecule has 5 aromatic rings. The Hall–Kier alpha value is -5.46. The third kappa shape index (κ3) is 4.44. The molecule has 234 valence electrons. The summed E-state index contributed by atoms with van der Waals surface area (Å²) in [5.41, 5.74) is 16.2. The van der Waals surface area contributed by atoms with Crippen LogP contribution in [0.3, 0.4) is 0 Å². The minimum atomic E-state index is 0.00347. The number of fused-ring (bicyclic) bond motifs is 9. The molecule has 5 aliphatic rings. The lowest BCUT2D eigenvalue weighted by molar-refractivity contribution is 0.339. The van der Waals surface area contributed by atoms with Crippen LogP contribution in [0.5, 0.6) is 0 Å². The van der Waals surface area contributed by atoms with Crippen LogP contribution < -0.4 is 0 Å². The van der Waals surface area contributed by atoms with E-state index in [1.165, 1.54) is 77.6 Å². The maximum atomic E-state index is 2.46. The lowest BCUT2D eigenvalue weighted by Gasteiger charge is -2.42. The van der Waals surface area contributed by atoms with Gasteiger partial charge in [0.25, 0.3) is 0 Å². The average molecular weight is 627 g/mol. The maximum absolute atomic E-state index is 2.46. The summed E-state index contributed by atoms with van der Waals surface area (Å²) in [7, 11) is 0. The fourth-order valence-corrected chi connectivity index (χ4v) is 9.31. The summed E-state index contributed by atoms with van der Waals surface area (Å²) in [5.74, 6) is 1.90. The van der Waals surface area contributed by atoms with Crippen molar-refractivity contribution in [3.05, 3.63) is 198 Å². The number of benzene rings is 5. The predicted octanol–water partition coefficient (Wildman–Crippen LogP) is 12.5. The number of hydrogen-bond donors (Lipinski definition) is 0. The van der Waals surface area contributed by atoms with E-state index in [2.05, 4.69) is 184 Å². The molecule has 49 heavy (non-hydrogen) atoms. The van der Waals surface area contributed by atoms with E-state index in [0.717, 1.165) is 0 Å². The molecule has 0 bridgehead atoms. The standard InChI is InChI=1S/C49H38/c1-49(2)46-14-8-7-12-42(46)43-26-25-38(30-47(43)49)37-23-22-35-27-34(20-21-36(35)28-37)31-15-17-33(18-16-31)45-29-39-24-19-32-9-3-4-10-40(32)48(39)44-13-6-5-11-41(44)45/h3-30,32,40,44,48H,1-2H3. The van der Waals surface area contributed by atoms with Crippen LogP contribution in [0.4, 0.5) is 0 Å². The van der Waals surface area contributed by atoms with Gasteiger partial charge in [-0.3, -0.25) is 0 Å². The van der Waals surface area contributed by atoms with Crippen molar-refractivity contribution in [1.82, 2.24) is 0 Å². The van der Waals surface area contributed by atoms with E-state index in [9.17, 15) is 0 Å². The fourth-order valence-electron chi connectivity index (χ4n) is 9.31. The molecule has 0 aliphatic heterocycles. The summed E-state index contributed by atoms with van der Waals surface area (Å²) in [6.45, 7) is 4.70. The van der Waals surface area contributed by atoms with Gasteiger partial charge in [0.1, 0.15) is 0 Å². The Bertz CT molecular complexity index is 2410. The van der Waals surface area contributed by atoms with Crippen LogP contribution in [0.25, 0.3) is 49.7 Å². The topological polar surface area (TPSA) is 0 Å². The Morgan fingerprint density at radius 3 is 2.00 bits per heavy atom. The van der Waals surface area contributed by atoms with E-state index in [0.29, 0.717) is 23.7 Å². The highest BCUT2D eigenvalue weighted by Crippen LogP contribution is 2.51. The molecule has 0 N–H and O–H groups in total. The molecule has 0 nitrogen and oxygen atoms in total. The molecule has 4 unspecified atom stereocenters. The highest BCUT2D eigenvalue weighted by molar-refractivity contribution is 5.92. The summed E-state index contributed by atoms with van der Waals surface area (Å²) in [4.78, 5) is 0. The second-order valence-electron chi connectivity index (χ2n) is 14.9. The van der Waals surface area contributed by atoms with Crippen LogP contribution in [0.15, 0.2) is 181 Å². The Balaban J connectivity index is 0.949. The zero-order chi connectivity index (χ0) is 32.7. The summed E-state index contributed by atoms with van der Waals surface area (Å²) < 4.78 is 0. The van der Waals surface area contributed by atoms with E-state index in [-0.39, 0.29) is 5.41 Å². The number of rotatable bonds is 3. The molecule has 0 fully saturated rings. The van der Waals surface area contributed by atoms with Crippen LogP contribution in [0, 0.1) is 23.7 Å². The Kier molecular flexibility index (Phi) is 6.28. The maximum Gasteiger partial charge on any atom is 0.0159 e. The van der Waals surface area contributed by atoms with Gasteiger partial charge in [0.2, 0.25) is 0 Å². The zero-order valence-corrected chi connectivity index (χ0v) is 28.0. The molecule has 5 aliphatic carbocycles. The van der Waals surface area contributed by atoms with E-state index >= 15 is 0 Å². The van der Waals surface area contributed by atoms with Gasteiger partial charge < -0.3 is 0 Å². The zero-order valence-electron chi connectivity index (χ0n) is 28.0. The smallest absolute Gasteiger partial charge is 0.0159 e. The van der Waals surface area contributed by atoms with Crippen molar-refractivity contribution in [1.29, 1.82) is 0 Å². The van der Waals surface area contributed by atoms with Gasteiger partial charge in [-0.25, -0.2) is 0 Å². The SMILES string of the molecule is CC1(C)c2ccccc2-c2ccc(-c3ccc4cc(-c5ccc(C6=C7C=CC=CC7C7C(=C6)C=CC6C=CC=CC67)cc5)ccc4c3)cc21. The minimum absolute atomic E-state index is 0.00347. The molecule has 0 amide bonds. The lowest BCUT2D eigenvalue weighted by Crippen LogP contribution is -2.33. The summed E-state index contributed by atoms with van der Waals surface area (Å²) in [6, 6.07) is 38.9. The molecule has 0 heteroatoms. The van der Waals surface area contributed by atoms with Gasteiger partial charge in [-0.2, -0.15) is 0 Å². The first-order chi connectivity index (χ1) is 24.0. The molecule has 4 atom stereocenters. The van der Waals surface area contributed by atoms with Crippen molar-refractivity contribution in [2.45, 2.75) is 19.3 Å². The third-order valence-electron chi connectivity index (χ3n) is 11.9. The molecule has 0 saturated carbocycles. The average Bonchev–Trinajstić information content (AvgIpc) is 3.39. The molecule has 5 aromatic carbocycles. The highest BCUT2D eigenvalue weighted by atomic mass is 14.4. The molecule has 0 radical (unpaired) electrons. The van der Waals surface area contributed by atoms with Crippen molar-refractivity contribution in [3.8, 4) is 33.4 Å². The molecule has 0 heterocycles. The normalized spacial score (nSPS) is 23.5. The van der Waals surface area contributed by atoms with Gasteiger partial charge in [0, 0.05) is 23.2 Å². The molecule has 0 aromatic heterocycles. The first-order valence-corrected chi connectivity index (χ1v) is 17.8. The van der Waals surface area contributed by atoms with Crippen molar-refractivity contribution < 1.29 is 0 Å². The van der Waals surface area contributed by atoms with Crippen molar-refractivity contribution in [2.24, 2.45) is 23.7 Å². The van der Waals surface area contributed by atoms with Gasteiger partial charge in [0.15, 0.2) is 0 Å². The van der Waals surface area contributed by atoms with Crippen LogP contribution in [0.1, 0.15) is 30.5 Å². The summed E-state index contributed by atoms with van der Waals surface area (Å²) in [5, 5.41) is 2.54. The number of hydrogen-bond acceptors (Lipinski definition) is 0. The lowest BCUT2D eigenvalue weighted by atomic mass is 9.61. The molecule has 0 saturated heterocycles. The molecule has 10 rings (SSSR count). The Morgan fingerprint density at radius 1 is 0.510 bits per heavy atom. The Morgan fingerprint density at radius 2 is 1.16 bits per heavy atom. The van der Waals surface area contributed by atoms with Crippen molar-refractivity contribution >= 4 is 16.3 Å². The van der Waals surface area contributed by atoms with Gasteiger partial charge in [-0.1, -0.05) is 166 Å². The quantitative estimate of drug-likeness (QED) is 0.187. The second kappa shape index (κ2) is 10.8. The highest BCUT2D eigenvalue weighted by Gasteiger charge is 2.40. The van der Waals surface area contributed by atoms with E-state index in [4.69, 9.17) is 0 Å². The van der Waals surface area contributed by atoms with Crippen LogP contribution in [-0.4, -0.2) is 0 Å². The third-order valence-corrected chi connectivity index (χ3v) is 11.9. The molecule has 0 spiro atoms. The van der Waals surface area contributed by atoms with Crippen LogP contribution in [0.2, 0.25) is 0 Å². The largest absolute Gasteiger partial charge is 0.0799 e. The molecular weight excluding hydrogens is 589 g/mol. The van der Waals surface area contributed by atoms with Crippen molar-refractivity contribution in [3.63, 3.8) is 0 Å². The summed E-state index contributed by atoms with van der Waals surface area (Å²) >= 11 is 0. The minimum Gasteiger partial charge on any atom is -0.0799 e. The van der Waals surface area contributed by atoms with Gasteiger partial charge in [-0.15, -0.1) is 0 Å². The second-order valence-corrected chi connectivity index (χ2v) is 14.9. The van der Waals surface area contributed by atoms with Gasteiger partial charge in [-0.05, 0) is 102 Å². The number of allylic oxidation sites excluding steroid dienone is 14. The van der Waals surface area contributed by atoms with E-state index in [1.54, 1.807) is 0 Å². The molecular formula is C49H38. The van der Waals surface area contributed by atoms with E-state index in [1.807, 2.05) is 0 Å². The van der Waals surface area contributed by atoms with Crippen molar-refractivity contribution in [2.75, 3.05) is 0 Å². The first-order valence-electron chi connectivity index (χ1n) is 17.8. The Labute approximate surface area is 289 Å². The fraction of sp³-hybridized carbons (Fsp3) is 0.143. The van der Waals surface area contributed by atoms with Crippen LogP contribution in [-0.2, 0) is 5.41 Å². The first kappa shape index (κ1) is 28.5. The van der Waals surface area contributed by atoms with Crippen LogP contribution >= 0.6 is 0 Å². The van der Waals surface area contributed by atoms with Gasteiger partial charge >= 0.3 is 0 Å². The van der Waals surface area contributed by atoms with Gasteiger partial charge in [0.05, 0.1) is 0 Å². The predicted molar refractivity (Wildman–Crippen MR) is 207 cm³/mol. The van der Waals surface area contributed by atoms with E-state index < -0.39 is 0 Å².